The van der Waals surface area contributed by atoms with Crippen LogP contribution in [0.4, 0.5) is 0 Å². The summed E-state index contributed by atoms with van der Waals surface area (Å²) in [6, 6.07) is 4.20. The summed E-state index contributed by atoms with van der Waals surface area (Å²) in [6.07, 6.45) is 1.02. The minimum absolute atomic E-state index is 0.799. The molecule has 3 rings (SSSR count). The van der Waals surface area contributed by atoms with Gasteiger partial charge in [-0.25, -0.2) is 4.98 Å². The standard InChI is InChI=1S/C17H23N3O2/c1-11-12(2)19-17(18-11)10-20-6-5-13-7-15(21-3)16(22-4)8-14(13)9-20/h7-8H,5-6,9-10H2,1-4H3,(H,18,19). The maximum Gasteiger partial charge on any atom is 0.161 e. The SMILES string of the molecule is COc1cc2c(cc1OC)CN(Cc1nc(C)c(C)[nH]1)CC2. The van der Waals surface area contributed by atoms with Gasteiger partial charge in [-0.15, -0.1) is 0 Å². The lowest BCUT2D eigenvalue weighted by Gasteiger charge is -2.28. The van der Waals surface area contributed by atoms with Crippen molar-refractivity contribution in [3.8, 4) is 11.5 Å². The zero-order valence-corrected chi connectivity index (χ0v) is 13.7. The second-order valence-electron chi connectivity index (χ2n) is 5.83. The third kappa shape index (κ3) is 2.81. The molecule has 1 aliphatic rings. The van der Waals surface area contributed by atoms with Crippen LogP contribution in [-0.4, -0.2) is 35.6 Å². The maximum atomic E-state index is 5.41. The Labute approximate surface area is 131 Å². The molecule has 1 N–H and O–H groups in total. The molecule has 22 heavy (non-hydrogen) atoms. The van der Waals surface area contributed by atoms with Gasteiger partial charge in [0.2, 0.25) is 0 Å². The van der Waals surface area contributed by atoms with Crippen molar-refractivity contribution in [2.45, 2.75) is 33.4 Å². The molecule has 0 unspecified atom stereocenters. The largest absolute Gasteiger partial charge is 0.493 e. The van der Waals surface area contributed by atoms with Crippen molar-refractivity contribution < 1.29 is 9.47 Å². The van der Waals surface area contributed by atoms with Crippen molar-refractivity contribution in [2.24, 2.45) is 0 Å². The molecule has 118 valence electrons. The van der Waals surface area contributed by atoms with Crippen LogP contribution in [0.3, 0.4) is 0 Å². The molecule has 0 fully saturated rings. The van der Waals surface area contributed by atoms with Gasteiger partial charge in [0.25, 0.3) is 0 Å². The monoisotopic (exact) mass is 301 g/mol. The van der Waals surface area contributed by atoms with Gasteiger partial charge in [0.15, 0.2) is 11.5 Å². The van der Waals surface area contributed by atoms with Crippen molar-refractivity contribution in [1.29, 1.82) is 0 Å². The number of nitrogens with one attached hydrogen (secondary N) is 1. The fraction of sp³-hybridized carbons (Fsp3) is 0.471. The van der Waals surface area contributed by atoms with E-state index in [9.17, 15) is 0 Å². The first-order valence-corrected chi connectivity index (χ1v) is 7.59. The molecule has 0 radical (unpaired) electrons. The molecule has 0 atom stereocenters. The summed E-state index contributed by atoms with van der Waals surface area (Å²) < 4.78 is 10.8. The molecule has 1 aromatic carbocycles. The Morgan fingerprint density at radius 2 is 1.82 bits per heavy atom. The van der Waals surface area contributed by atoms with Gasteiger partial charge >= 0.3 is 0 Å². The highest BCUT2D eigenvalue weighted by atomic mass is 16.5. The number of imidazole rings is 1. The van der Waals surface area contributed by atoms with Gasteiger partial charge in [-0.3, -0.25) is 4.90 Å². The number of ether oxygens (including phenoxy) is 2. The smallest absolute Gasteiger partial charge is 0.161 e. The summed E-state index contributed by atoms with van der Waals surface area (Å²) in [5.74, 6) is 2.65. The topological polar surface area (TPSA) is 50.4 Å². The third-order valence-electron chi connectivity index (χ3n) is 4.35. The highest BCUT2D eigenvalue weighted by molar-refractivity contribution is 5.48. The number of aromatic amines is 1. The summed E-state index contributed by atoms with van der Waals surface area (Å²) in [4.78, 5) is 10.3. The molecule has 5 heteroatoms. The van der Waals surface area contributed by atoms with Crippen LogP contribution in [0.25, 0.3) is 0 Å². The first kappa shape index (κ1) is 14.9. The molecule has 1 aromatic heterocycles. The number of hydrogen-bond donors (Lipinski definition) is 1. The van der Waals surface area contributed by atoms with Gasteiger partial charge in [0.05, 0.1) is 26.5 Å². The minimum Gasteiger partial charge on any atom is -0.493 e. The van der Waals surface area contributed by atoms with Gasteiger partial charge in [-0.1, -0.05) is 0 Å². The Bertz CT molecular complexity index is 659. The molecule has 0 amide bonds. The molecule has 0 spiro atoms. The Balaban J connectivity index is 1.78. The van der Waals surface area contributed by atoms with E-state index in [1.807, 2.05) is 6.92 Å². The van der Waals surface area contributed by atoms with Crippen LogP contribution in [0.2, 0.25) is 0 Å². The van der Waals surface area contributed by atoms with E-state index in [1.54, 1.807) is 14.2 Å². The number of hydrogen-bond acceptors (Lipinski definition) is 4. The average Bonchev–Trinajstić information content (AvgIpc) is 2.83. The number of nitrogens with zero attached hydrogens (tertiary/aromatic N) is 2. The number of rotatable bonds is 4. The molecule has 2 aromatic rings. The first-order chi connectivity index (χ1) is 10.6. The first-order valence-electron chi connectivity index (χ1n) is 7.59. The Morgan fingerprint density at radius 3 is 2.41 bits per heavy atom. The van der Waals surface area contributed by atoms with Crippen LogP contribution in [0.5, 0.6) is 11.5 Å². The summed E-state index contributed by atoms with van der Waals surface area (Å²) in [5.41, 5.74) is 4.89. The van der Waals surface area contributed by atoms with Crippen LogP contribution in [-0.2, 0) is 19.5 Å². The second kappa shape index (κ2) is 6.01. The minimum atomic E-state index is 0.799. The number of aryl methyl sites for hydroxylation is 2. The summed E-state index contributed by atoms with van der Waals surface area (Å²) in [7, 11) is 3.36. The van der Waals surface area contributed by atoms with Gasteiger partial charge in [0, 0.05) is 18.8 Å². The highest BCUT2D eigenvalue weighted by Crippen LogP contribution is 2.33. The number of fused-ring (bicyclic) bond motifs is 1. The van der Waals surface area contributed by atoms with E-state index in [1.165, 1.54) is 11.1 Å². The third-order valence-corrected chi connectivity index (χ3v) is 4.35. The van der Waals surface area contributed by atoms with Crippen molar-refractivity contribution in [1.82, 2.24) is 14.9 Å². The molecule has 0 aliphatic carbocycles. The van der Waals surface area contributed by atoms with Crippen LogP contribution in [0.1, 0.15) is 28.3 Å². The molecule has 0 saturated heterocycles. The Morgan fingerprint density at radius 1 is 1.14 bits per heavy atom. The summed E-state index contributed by atoms with van der Waals surface area (Å²) in [6.45, 7) is 6.89. The van der Waals surface area contributed by atoms with E-state index in [2.05, 4.69) is 33.9 Å². The Hall–Kier alpha value is -2.01. The predicted octanol–water partition coefficient (Wildman–Crippen LogP) is 2.60. The van der Waals surface area contributed by atoms with Crippen LogP contribution >= 0.6 is 0 Å². The highest BCUT2D eigenvalue weighted by Gasteiger charge is 2.20. The maximum absolute atomic E-state index is 5.41. The van der Waals surface area contributed by atoms with E-state index in [0.717, 1.165) is 54.8 Å². The van der Waals surface area contributed by atoms with Crippen LogP contribution < -0.4 is 9.47 Å². The molecule has 5 nitrogen and oxygen atoms in total. The molecule has 2 heterocycles. The van der Waals surface area contributed by atoms with E-state index in [-0.39, 0.29) is 0 Å². The van der Waals surface area contributed by atoms with Crippen molar-refractivity contribution in [2.75, 3.05) is 20.8 Å². The molecule has 1 aliphatic heterocycles. The molecular formula is C17H23N3O2. The molecular weight excluding hydrogens is 278 g/mol. The predicted molar refractivity (Wildman–Crippen MR) is 85.4 cm³/mol. The van der Waals surface area contributed by atoms with E-state index in [4.69, 9.17) is 9.47 Å². The Kier molecular flexibility index (Phi) is 4.07. The number of aromatic nitrogens is 2. The lowest BCUT2D eigenvalue weighted by atomic mass is 9.99. The van der Waals surface area contributed by atoms with Gasteiger partial charge in [0.1, 0.15) is 5.82 Å². The zero-order valence-electron chi connectivity index (χ0n) is 13.7. The number of methoxy groups -OCH3 is 2. The molecule has 0 bridgehead atoms. The van der Waals surface area contributed by atoms with E-state index >= 15 is 0 Å². The van der Waals surface area contributed by atoms with Crippen molar-refractivity contribution >= 4 is 0 Å². The lowest BCUT2D eigenvalue weighted by Crippen LogP contribution is -2.30. The fourth-order valence-electron chi connectivity index (χ4n) is 2.98. The van der Waals surface area contributed by atoms with Crippen LogP contribution in [0, 0.1) is 13.8 Å². The molecule has 0 saturated carbocycles. The van der Waals surface area contributed by atoms with Gasteiger partial charge in [-0.05, 0) is 43.5 Å². The lowest BCUT2D eigenvalue weighted by molar-refractivity contribution is 0.238. The fourth-order valence-corrected chi connectivity index (χ4v) is 2.98. The van der Waals surface area contributed by atoms with Crippen molar-refractivity contribution in [3.63, 3.8) is 0 Å². The van der Waals surface area contributed by atoms with Gasteiger partial charge in [-0.2, -0.15) is 0 Å². The zero-order chi connectivity index (χ0) is 15.7. The summed E-state index contributed by atoms with van der Waals surface area (Å²) >= 11 is 0. The van der Waals surface area contributed by atoms with E-state index in [0.29, 0.717) is 0 Å². The second-order valence-corrected chi connectivity index (χ2v) is 5.83. The van der Waals surface area contributed by atoms with Crippen LogP contribution in [0.15, 0.2) is 12.1 Å². The number of benzene rings is 1. The van der Waals surface area contributed by atoms with E-state index < -0.39 is 0 Å². The summed E-state index contributed by atoms with van der Waals surface area (Å²) in [5, 5.41) is 0. The van der Waals surface area contributed by atoms with Gasteiger partial charge < -0.3 is 14.5 Å². The normalized spacial score (nSPS) is 14.7. The van der Waals surface area contributed by atoms with Crippen molar-refractivity contribution in [3.05, 3.63) is 40.5 Å². The average molecular weight is 301 g/mol. The quantitative estimate of drug-likeness (QED) is 0.943. The number of H-pyrrole nitrogens is 1.